The normalized spacial score (nSPS) is 17.6. The summed E-state index contributed by atoms with van der Waals surface area (Å²) in [7, 11) is 1.61. The number of amides is 2. The van der Waals surface area contributed by atoms with Crippen LogP contribution in [0.3, 0.4) is 0 Å². The van der Waals surface area contributed by atoms with Crippen LogP contribution in [0.2, 0.25) is 0 Å². The van der Waals surface area contributed by atoms with Gasteiger partial charge in [-0.2, -0.15) is 0 Å². The van der Waals surface area contributed by atoms with E-state index in [1.54, 1.807) is 23.3 Å². The van der Waals surface area contributed by atoms with Crippen LogP contribution >= 0.6 is 11.3 Å². The highest BCUT2D eigenvalue weighted by atomic mass is 32.1. The minimum Gasteiger partial charge on any atom is -0.496 e. The number of ether oxygens (including phenoxy) is 1. The van der Waals surface area contributed by atoms with Crippen LogP contribution in [0.25, 0.3) is 10.2 Å². The van der Waals surface area contributed by atoms with Crippen molar-refractivity contribution in [3.05, 3.63) is 82.4 Å². The summed E-state index contributed by atoms with van der Waals surface area (Å²) < 4.78 is 7.43. The third kappa shape index (κ3) is 3.47. The molecule has 3 heterocycles. The van der Waals surface area contributed by atoms with Gasteiger partial charge in [0.25, 0.3) is 5.91 Å². The van der Waals surface area contributed by atoms with Crippen LogP contribution in [0.5, 0.6) is 5.75 Å². The summed E-state index contributed by atoms with van der Waals surface area (Å²) >= 11 is 1.58. The van der Waals surface area contributed by atoms with Crippen LogP contribution in [-0.4, -0.2) is 29.0 Å². The maximum Gasteiger partial charge on any atom is 0.275 e. The molecule has 0 unspecified atom stereocenters. The van der Waals surface area contributed by atoms with Crippen LogP contribution in [0.1, 0.15) is 34.1 Å². The summed E-state index contributed by atoms with van der Waals surface area (Å²) in [5, 5.41) is 6.10. The molecular weight excluding hydrogens is 446 g/mol. The van der Waals surface area contributed by atoms with Crippen molar-refractivity contribution in [2.75, 3.05) is 12.0 Å². The van der Waals surface area contributed by atoms with Crippen LogP contribution in [0, 0.1) is 13.8 Å². The Morgan fingerprint density at radius 3 is 2.68 bits per heavy atom. The van der Waals surface area contributed by atoms with Gasteiger partial charge in [0.15, 0.2) is 0 Å². The Morgan fingerprint density at radius 1 is 1.12 bits per heavy atom. The molecule has 0 saturated carbocycles. The van der Waals surface area contributed by atoms with Gasteiger partial charge in [-0.3, -0.25) is 14.5 Å². The third-order valence-electron chi connectivity index (χ3n) is 6.75. The zero-order chi connectivity index (χ0) is 24.0. The van der Waals surface area contributed by atoms with Gasteiger partial charge < -0.3 is 14.6 Å². The zero-order valence-corrected chi connectivity index (χ0v) is 20.5. The van der Waals surface area contributed by atoms with Crippen molar-refractivity contribution in [1.82, 2.24) is 9.88 Å². The van der Waals surface area contributed by atoms with Gasteiger partial charge in [-0.25, -0.2) is 0 Å². The number of hydrogen-bond donors (Lipinski definition) is 1. The van der Waals surface area contributed by atoms with E-state index in [-0.39, 0.29) is 11.8 Å². The predicted molar refractivity (Wildman–Crippen MR) is 136 cm³/mol. The molecule has 0 radical (unpaired) electrons. The molecule has 0 fully saturated rings. The largest absolute Gasteiger partial charge is 0.496 e. The number of aromatic nitrogens is 1. The van der Waals surface area contributed by atoms with Crippen LogP contribution < -0.4 is 15.0 Å². The predicted octanol–water partition coefficient (Wildman–Crippen LogP) is 5.06. The molecule has 2 aromatic carbocycles. The highest BCUT2D eigenvalue weighted by molar-refractivity contribution is 7.16. The number of carbonyl (C=O) groups is 2. The first-order valence-corrected chi connectivity index (χ1v) is 12.1. The van der Waals surface area contributed by atoms with E-state index in [0.717, 1.165) is 32.6 Å². The lowest BCUT2D eigenvalue weighted by Crippen LogP contribution is -2.64. The van der Waals surface area contributed by atoms with E-state index in [1.165, 1.54) is 0 Å². The molecule has 1 aliphatic heterocycles. The van der Waals surface area contributed by atoms with Crippen LogP contribution in [0.15, 0.2) is 60.0 Å². The smallest absolute Gasteiger partial charge is 0.275 e. The number of aryl methyl sites for hydroxylation is 2. The number of para-hydroxylation sites is 1. The molecule has 0 aliphatic carbocycles. The van der Waals surface area contributed by atoms with E-state index in [9.17, 15) is 9.59 Å². The Labute approximate surface area is 202 Å². The molecular formula is C27H27N3O3S. The number of methoxy groups -OCH3 is 1. The molecule has 7 heteroatoms. The molecule has 1 aliphatic rings. The molecule has 1 atom stereocenters. The fourth-order valence-corrected chi connectivity index (χ4v) is 5.58. The lowest BCUT2D eigenvalue weighted by molar-refractivity contribution is -0.126. The summed E-state index contributed by atoms with van der Waals surface area (Å²) in [5.41, 5.74) is 3.30. The van der Waals surface area contributed by atoms with Gasteiger partial charge in [0.2, 0.25) is 5.91 Å². The first-order valence-electron chi connectivity index (χ1n) is 11.2. The number of rotatable bonds is 5. The number of anilines is 1. The van der Waals surface area contributed by atoms with E-state index in [4.69, 9.17) is 4.74 Å². The second kappa shape index (κ2) is 8.33. The summed E-state index contributed by atoms with van der Waals surface area (Å²) in [6.45, 7) is 6.57. The van der Waals surface area contributed by atoms with Gasteiger partial charge in [-0.15, -0.1) is 11.3 Å². The minimum absolute atomic E-state index is 0.173. The Bertz CT molecular complexity index is 1420. The Morgan fingerprint density at radius 2 is 1.91 bits per heavy atom. The van der Waals surface area contributed by atoms with E-state index in [2.05, 4.69) is 5.32 Å². The van der Waals surface area contributed by atoms with Gasteiger partial charge in [0.1, 0.15) is 21.8 Å². The van der Waals surface area contributed by atoms with Gasteiger partial charge in [0, 0.05) is 23.2 Å². The fourth-order valence-electron chi connectivity index (χ4n) is 4.68. The molecule has 2 aromatic heterocycles. The highest BCUT2D eigenvalue weighted by Gasteiger charge is 2.48. The lowest BCUT2D eigenvalue weighted by Gasteiger charge is -2.44. The van der Waals surface area contributed by atoms with Crippen molar-refractivity contribution in [2.24, 2.45) is 0 Å². The molecule has 1 N–H and O–H groups in total. The van der Waals surface area contributed by atoms with E-state index < -0.39 is 5.54 Å². The van der Waals surface area contributed by atoms with Gasteiger partial charge >= 0.3 is 0 Å². The lowest BCUT2D eigenvalue weighted by atomic mass is 9.93. The Hall–Kier alpha value is -3.58. The van der Waals surface area contributed by atoms with Crippen molar-refractivity contribution in [2.45, 2.75) is 39.4 Å². The second-order valence-corrected chi connectivity index (χ2v) is 9.87. The third-order valence-corrected chi connectivity index (χ3v) is 7.71. The maximum absolute atomic E-state index is 13.9. The quantitative estimate of drug-likeness (QED) is 0.441. The molecule has 4 aromatic rings. The van der Waals surface area contributed by atoms with Crippen molar-refractivity contribution in [3.63, 3.8) is 0 Å². The number of nitrogens with one attached hydrogen (secondary N) is 1. The molecule has 6 nitrogen and oxygen atoms in total. The Kier molecular flexibility index (Phi) is 5.44. The topological polar surface area (TPSA) is 63.6 Å². The number of carbonyl (C=O) groups excluding carboxylic acids is 2. The van der Waals surface area contributed by atoms with Gasteiger partial charge in [-0.05, 0) is 67.6 Å². The molecule has 0 bridgehead atoms. The number of fused-ring (bicyclic) bond motifs is 3. The van der Waals surface area contributed by atoms with Crippen molar-refractivity contribution in [3.8, 4) is 5.75 Å². The second-order valence-electron chi connectivity index (χ2n) is 8.97. The van der Waals surface area contributed by atoms with Crippen molar-refractivity contribution in [1.29, 1.82) is 0 Å². The fraction of sp³-hybridized carbons (Fsp3) is 0.259. The molecule has 174 valence electrons. The molecule has 5 rings (SSSR count). The molecule has 2 amide bonds. The Balaban J connectivity index is 1.57. The van der Waals surface area contributed by atoms with E-state index in [1.807, 2.05) is 85.3 Å². The minimum atomic E-state index is -1.12. The van der Waals surface area contributed by atoms with Gasteiger partial charge in [-0.1, -0.05) is 24.3 Å². The summed E-state index contributed by atoms with van der Waals surface area (Å²) in [6, 6.07) is 17.4. The van der Waals surface area contributed by atoms with E-state index >= 15 is 0 Å². The number of hydrogen-bond acceptors (Lipinski definition) is 4. The molecule has 34 heavy (non-hydrogen) atoms. The number of benzene rings is 2. The van der Waals surface area contributed by atoms with Crippen LogP contribution in [-0.2, 0) is 17.9 Å². The number of thiophene rings is 1. The van der Waals surface area contributed by atoms with Crippen LogP contribution in [0.4, 0.5) is 5.69 Å². The standard InChI is InChI=1S/C27H27N3O3S/c1-17-9-10-21(13-18(17)2)30-24(31)22-14-19-11-12-34-25(19)29(22)16-27(30,3)26(32)28-15-20-7-5-6-8-23(20)33-4/h5-14H,15-16H2,1-4H3,(H,28,32)/t27-/m0/s1. The average molecular weight is 474 g/mol. The van der Waals surface area contributed by atoms with Crippen molar-refractivity contribution < 1.29 is 14.3 Å². The number of nitrogens with zero attached hydrogens (tertiary/aromatic N) is 2. The first kappa shape index (κ1) is 22.2. The zero-order valence-electron chi connectivity index (χ0n) is 19.7. The first-order chi connectivity index (χ1) is 16.3. The van der Waals surface area contributed by atoms with Crippen molar-refractivity contribution >= 4 is 39.1 Å². The van der Waals surface area contributed by atoms with Gasteiger partial charge in [0.05, 0.1) is 13.7 Å². The maximum atomic E-state index is 13.9. The summed E-state index contributed by atoms with van der Waals surface area (Å²) in [5.74, 6) is 0.327. The SMILES string of the molecule is COc1ccccc1CNC(=O)[C@]1(C)Cn2c(cc3ccsc32)C(=O)N1c1ccc(C)c(C)c1. The average Bonchev–Trinajstić information content (AvgIpc) is 3.42. The molecule has 0 saturated heterocycles. The molecule has 0 spiro atoms. The van der Waals surface area contributed by atoms with E-state index in [0.29, 0.717) is 24.5 Å². The summed E-state index contributed by atoms with van der Waals surface area (Å²) in [4.78, 5) is 30.4. The summed E-state index contributed by atoms with van der Waals surface area (Å²) in [6.07, 6.45) is 0. The highest BCUT2D eigenvalue weighted by Crippen LogP contribution is 2.38. The monoisotopic (exact) mass is 473 g/mol.